The quantitative estimate of drug-likeness (QED) is 0.739. The van der Waals surface area contributed by atoms with Crippen LogP contribution in [0.4, 0.5) is 0 Å². The lowest BCUT2D eigenvalue weighted by atomic mass is 10.1. The predicted octanol–water partition coefficient (Wildman–Crippen LogP) is 1.01. The van der Waals surface area contributed by atoms with Crippen LogP contribution in [0.25, 0.3) is 0 Å². The summed E-state index contributed by atoms with van der Waals surface area (Å²) >= 11 is 0. The Balaban J connectivity index is 1.70. The van der Waals surface area contributed by atoms with Crippen LogP contribution >= 0.6 is 0 Å². The third kappa shape index (κ3) is 5.23. The van der Waals surface area contributed by atoms with Crippen molar-refractivity contribution < 1.29 is 19.3 Å². The van der Waals surface area contributed by atoms with E-state index in [2.05, 4.69) is 37.4 Å². The molecule has 2 aromatic carbocycles. The summed E-state index contributed by atoms with van der Waals surface area (Å²) in [6.45, 7) is 8.82. The highest BCUT2D eigenvalue weighted by Crippen LogP contribution is 2.32. The van der Waals surface area contributed by atoms with Crippen molar-refractivity contribution in [1.82, 2.24) is 0 Å². The van der Waals surface area contributed by atoms with Gasteiger partial charge < -0.3 is 19.3 Å². The van der Waals surface area contributed by atoms with Crippen molar-refractivity contribution >= 4 is 0 Å². The third-order valence-corrected chi connectivity index (χ3v) is 5.16. The van der Waals surface area contributed by atoms with Gasteiger partial charge in [0.25, 0.3) is 0 Å². The van der Waals surface area contributed by atoms with E-state index in [1.165, 1.54) is 31.7 Å². The Morgan fingerprint density at radius 3 is 2.23 bits per heavy atom. The second-order valence-corrected chi connectivity index (χ2v) is 7.14. The maximum Gasteiger partial charge on any atom is 0.162 e. The summed E-state index contributed by atoms with van der Waals surface area (Å²) in [6, 6.07) is 18.6. The summed E-state index contributed by atoms with van der Waals surface area (Å²) in [4.78, 5) is 3.34. The number of para-hydroxylation sites is 2. The summed E-state index contributed by atoms with van der Waals surface area (Å²) in [6.07, 6.45) is 1.07. The van der Waals surface area contributed by atoms with Crippen LogP contribution in [0.3, 0.4) is 0 Å². The Labute approximate surface area is 157 Å². The van der Waals surface area contributed by atoms with Gasteiger partial charge in [0.15, 0.2) is 11.5 Å². The van der Waals surface area contributed by atoms with E-state index < -0.39 is 0 Å². The van der Waals surface area contributed by atoms with Crippen LogP contribution in [0, 0.1) is 0 Å². The van der Waals surface area contributed by atoms with Gasteiger partial charge in [-0.3, -0.25) is 0 Å². The molecule has 0 amide bonds. The smallest absolute Gasteiger partial charge is 0.162 e. The lowest BCUT2D eigenvalue weighted by Crippen LogP contribution is -3.27. The Hall–Kier alpha value is -2.04. The number of hydrogen-bond acceptors (Lipinski definition) is 2. The summed E-state index contributed by atoms with van der Waals surface area (Å²) in [5, 5.41) is 0. The van der Waals surface area contributed by atoms with Gasteiger partial charge in [0.1, 0.15) is 32.3 Å². The molecule has 1 saturated heterocycles. The van der Waals surface area contributed by atoms with E-state index in [1.54, 1.807) is 9.80 Å². The molecule has 26 heavy (non-hydrogen) atoms. The number of likely N-dealkylation sites (N-methyl/N-ethyl adjacent to an activating group) is 1. The average Bonchev–Trinajstić information content (AvgIpc) is 2.68. The highest BCUT2D eigenvalue weighted by atomic mass is 16.5. The molecule has 1 heterocycles. The van der Waals surface area contributed by atoms with Crippen LogP contribution < -0.4 is 19.3 Å². The van der Waals surface area contributed by atoms with Gasteiger partial charge in [-0.05, 0) is 24.6 Å². The molecule has 4 heteroatoms. The largest absolute Gasteiger partial charge is 0.490 e. The second-order valence-electron chi connectivity index (χ2n) is 7.14. The minimum Gasteiger partial charge on any atom is -0.490 e. The van der Waals surface area contributed by atoms with Crippen LogP contribution in [0.1, 0.15) is 25.0 Å². The summed E-state index contributed by atoms with van der Waals surface area (Å²) in [7, 11) is 2.29. The van der Waals surface area contributed by atoms with Crippen LogP contribution in [0.2, 0.25) is 0 Å². The first-order valence-electron chi connectivity index (χ1n) is 9.84. The molecule has 0 aromatic heterocycles. The van der Waals surface area contributed by atoms with E-state index >= 15 is 0 Å². The molecule has 0 saturated carbocycles. The van der Waals surface area contributed by atoms with E-state index in [0.717, 1.165) is 24.5 Å². The third-order valence-electron chi connectivity index (χ3n) is 5.16. The Bertz CT molecular complexity index is 654. The topological polar surface area (TPSA) is 27.3 Å². The van der Waals surface area contributed by atoms with Crippen molar-refractivity contribution in [3.63, 3.8) is 0 Å². The van der Waals surface area contributed by atoms with Crippen LogP contribution in [-0.2, 0) is 0 Å². The first-order valence-corrected chi connectivity index (χ1v) is 9.84. The molecule has 1 fully saturated rings. The molecule has 1 aliphatic rings. The number of quaternary nitrogens is 2. The predicted molar refractivity (Wildman–Crippen MR) is 104 cm³/mol. The van der Waals surface area contributed by atoms with Crippen molar-refractivity contribution in [2.75, 3.05) is 46.4 Å². The minimum absolute atomic E-state index is 0.0531. The SMILES string of the molecule is CCOc1ccccc1O[C@H](CC[NH+]1CC[NH+](C)CC1)c1ccccc1. The molecule has 2 N–H and O–H groups in total. The van der Waals surface area contributed by atoms with Crippen LogP contribution in [0.5, 0.6) is 11.5 Å². The van der Waals surface area contributed by atoms with Crippen molar-refractivity contribution in [2.24, 2.45) is 0 Å². The molecular weight excluding hydrogens is 324 g/mol. The number of rotatable bonds is 8. The number of ether oxygens (including phenoxy) is 2. The summed E-state index contributed by atoms with van der Waals surface area (Å²) in [5.74, 6) is 1.66. The summed E-state index contributed by atoms with van der Waals surface area (Å²) in [5.41, 5.74) is 1.23. The van der Waals surface area contributed by atoms with Gasteiger partial charge in [0.2, 0.25) is 0 Å². The molecule has 1 atom stereocenters. The molecule has 0 unspecified atom stereocenters. The van der Waals surface area contributed by atoms with E-state index in [9.17, 15) is 0 Å². The van der Waals surface area contributed by atoms with E-state index in [-0.39, 0.29) is 6.10 Å². The molecule has 140 valence electrons. The zero-order valence-corrected chi connectivity index (χ0v) is 16.0. The molecule has 0 bridgehead atoms. The number of hydrogen-bond donors (Lipinski definition) is 2. The maximum absolute atomic E-state index is 6.45. The fraction of sp³-hybridized carbons (Fsp3) is 0.455. The van der Waals surface area contributed by atoms with Gasteiger partial charge in [-0.2, -0.15) is 0 Å². The van der Waals surface area contributed by atoms with Crippen molar-refractivity contribution in [2.45, 2.75) is 19.4 Å². The zero-order chi connectivity index (χ0) is 18.2. The lowest BCUT2D eigenvalue weighted by Gasteiger charge is -2.29. The standard InChI is InChI=1S/C22H30N2O2/c1-3-25-21-11-7-8-12-22(21)26-20(19-9-5-4-6-10-19)13-14-24-17-15-23(2)16-18-24/h4-12,20H,3,13-18H2,1-2H3/p+2/t20-/m1/s1. The molecule has 2 aromatic rings. The van der Waals surface area contributed by atoms with E-state index in [4.69, 9.17) is 9.47 Å². The number of nitrogens with one attached hydrogen (secondary N) is 2. The van der Waals surface area contributed by atoms with Gasteiger partial charge >= 0.3 is 0 Å². The van der Waals surface area contributed by atoms with Gasteiger partial charge in [0, 0.05) is 6.42 Å². The average molecular weight is 357 g/mol. The van der Waals surface area contributed by atoms with Crippen molar-refractivity contribution in [3.8, 4) is 11.5 Å². The maximum atomic E-state index is 6.45. The molecule has 0 spiro atoms. The number of piperazine rings is 1. The molecule has 4 nitrogen and oxygen atoms in total. The van der Waals surface area contributed by atoms with Crippen LogP contribution in [0.15, 0.2) is 54.6 Å². The normalized spacial score (nSPS) is 21.2. The lowest BCUT2D eigenvalue weighted by molar-refractivity contribution is -1.00. The second kappa shape index (κ2) is 9.60. The molecule has 1 aliphatic heterocycles. The monoisotopic (exact) mass is 356 g/mol. The highest BCUT2D eigenvalue weighted by molar-refractivity contribution is 5.40. The molecular formula is C22H32N2O2+2. The summed E-state index contributed by atoms with van der Waals surface area (Å²) < 4.78 is 12.2. The zero-order valence-electron chi connectivity index (χ0n) is 16.0. The Kier molecular flexibility index (Phi) is 6.92. The van der Waals surface area contributed by atoms with Crippen molar-refractivity contribution in [1.29, 1.82) is 0 Å². The van der Waals surface area contributed by atoms with Crippen molar-refractivity contribution in [3.05, 3.63) is 60.2 Å². The molecule has 0 aliphatic carbocycles. The van der Waals surface area contributed by atoms with E-state index in [0.29, 0.717) is 6.61 Å². The van der Waals surface area contributed by atoms with Gasteiger partial charge in [-0.1, -0.05) is 42.5 Å². The van der Waals surface area contributed by atoms with Gasteiger partial charge in [-0.25, -0.2) is 0 Å². The Morgan fingerprint density at radius 1 is 0.885 bits per heavy atom. The molecule has 0 radical (unpaired) electrons. The fourth-order valence-corrected chi connectivity index (χ4v) is 3.55. The first kappa shape index (κ1) is 18.7. The highest BCUT2D eigenvalue weighted by Gasteiger charge is 2.23. The van der Waals surface area contributed by atoms with Gasteiger partial charge in [0.05, 0.1) is 20.2 Å². The van der Waals surface area contributed by atoms with E-state index in [1.807, 2.05) is 31.2 Å². The fourth-order valence-electron chi connectivity index (χ4n) is 3.55. The molecule has 3 rings (SSSR count). The minimum atomic E-state index is 0.0531. The number of benzene rings is 2. The van der Waals surface area contributed by atoms with Crippen LogP contribution in [-0.4, -0.2) is 46.4 Å². The first-order chi connectivity index (χ1) is 12.8. The Morgan fingerprint density at radius 2 is 1.54 bits per heavy atom. The van der Waals surface area contributed by atoms with Gasteiger partial charge in [-0.15, -0.1) is 0 Å².